The molecule has 110 valence electrons. The highest BCUT2D eigenvalue weighted by molar-refractivity contribution is 8.13. The Hall–Kier alpha value is -1.11. The van der Waals surface area contributed by atoms with E-state index in [1.807, 2.05) is 0 Å². The van der Waals surface area contributed by atoms with E-state index in [2.05, 4.69) is 5.32 Å². The van der Waals surface area contributed by atoms with E-state index in [0.717, 1.165) is 25.9 Å². The number of hydrogen-bond donors (Lipinski definition) is 1. The first-order chi connectivity index (χ1) is 9.47. The fraction of sp³-hybridized carbons (Fsp3) is 0.462. The van der Waals surface area contributed by atoms with E-state index in [-0.39, 0.29) is 16.9 Å². The van der Waals surface area contributed by atoms with Crippen molar-refractivity contribution in [3.05, 3.63) is 29.8 Å². The van der Waals surface area contributed by atoms with E-state index in [1.54, 1.807) is 0 Å². The van der Waals surface area contributed by atoms with E-state index >= 15 is 0 Å². The Morgan fingerprint density at radius 3 is 2.60 bits per heavy atom. The number of carbonyl (C=O) groups excluding carboxylic acids is 1. The van der Waals surface area contributed by atoms with Crippen LogP contribution in [0.4, 0.5) is 0 Å². The topological polar surface area (TPSA) is 72.5 Å². The van der Waals surface area contributed by atoms with Crippen molar-refractivity contribution in [2.75, 3.05) is 13.2 Å². The molecule has 5 nitrogen and oxygen atoms in total. The van der Waals surface area contributed by atoms with Crippen LogP contribution in [0.25, 0.3) is 0 Å². The lowest BCUT2D eigenvalue weighted by atomic mass is 10.1. The molecule has 0 aromatic heterocycles. The Balaban J connectivity index is 1.85. The van der Waals surface area contributed by atoms with E-state index in [0.29, 0.717) is 12.1 Å². The maximum absolute atomic E-state index is 11.8. The Kier molecular flexibility index (Phi) is 5.01. The molecule has 0 saturated carbocycles. The van der Waals surface area contributed by atoms with Crippen molar-refractivity contribution in [1.82, 2.24) is 5.32 Å². The second-order valence-electron chi connectivity index (χ2n) is 4.64. The number of amides is 1. The minimum Gasteiger partial charge on any atom is -0.378 e. The fourth-order valence-corrected chi connectivity index (χ4v) is 2.86. The summed E-state index contributed by atoms with van der Waals surface area (Å²) in [5.74, 6) is -0.235. The summed E-state index contributed by atoms with van der Waals surface area (Å²) in [6, 6.07) is 5.52. The van der Waals surface area contributed by atoms with Gasteiger partial charge < -0.3 is 10.1 Å². The standard InChI is InChI=1S/C13H16ClNO4S/c14-20(17,18)12-5-3-10(4-6-12)13(16)15-8-7-11-2-1-9-19-11/h3-6,11H,1-2,7-9H2,(H,15,16). The lowest BCUT2D eigenvalue weighted by Crippen LogP contribution is -2.27. The third kappa shape index (κ3) is 4.19. The molecule has 1 aliphatic heterocycles. The highest BCUT2D eigenvalue weighted by Crippen LogP contribution is 2.16. The summed E-state index contributed by atoms with van der Waals surface area (Å²) in [6.07, 6.45) is 3.14. The van der Waals surface area contributed by atoms with Gasteiger partial charge in [0, 0.05) is 29.4 Å². The minimum atomic E-state index is -3.75. The third-order valence-corrected chi connectivity index (χ3v) is 4.54. The van der Waals surface area contributed by atoms with Gasteiger partial charge in [-0.05, 0) is 43.5 Å². The van der Waals surface area contributed by atoms with Gasteiger partial charge in [0.2, 0.25) is 0 Å². The molecule has 1 aliphatic rings. The summed E-state index contributed by atoms with van der Waals surface area (Å²) < 4.78 is 27.6. The number of ether oxygens (including phenoxy) is 1. The Bertz CT molecular complexity index is 565. The first kappa shape index (κ1) is 15.3. The van der Waals surface area contributed by atoms with Crippen LogP contribution in [0.2, 0.25) is 0 Å². The summed E-state index contributed by atoms with van der Waals surface area (Å²) in [7, 11) is 1.46. The first-order valence-electron chi connectivity index (χ1n) is 6.41. The molecule has 0 spiro atoms. The van der Waals surface area contributed by atoms with Crippen LogP contribution in [0.15, 0.2) is 29.2 Å². The molecule has 1 aromatic carbocycles. The number of hydrogen-bond acceptors (Lipinski definition) is 4. The van der Waals surface area contributed by atoms with Crippen molar-refractivity contribution >= 4 is 25.6 Å². The molecule has 1 N–H and O–H groups in total. The molecule has 1 saturated heterocycles. The molecule has 20 heavy (non-hydrogen) atoms. The molecule has 1 heterocycles. The van der Waals surface area contributed by atoms with Gasteiger partial charge in [-0.3, -0.25) is 4.79 Å². The number of halogens is 1. The third-order valence-electron chi connectivity index (χ3n) is 3.17. The fourth-order valence-electron chi connectivity index (χ4n) is 2.09. The van der Waals surface area contributed by atoms with Crippen molar-refractivity contribution in [3.63, 3.8) is 0 Å². The number of nitrogens with one attached hydrogen (secondary N) is 1. The predicted octanol–water partition coefficient (Wildman–Crippen LogP) is 1.91. The maximum Gasteiger partial charge on any atom is 0.261 e. The van der Waals surface area contributed by atoms with Crippen LogP contribution in [0.3, 0.4) is 0 Å². The van der Waals surface area contributed by atoms with Crippen LogP contribution in [-0.4, -0.2) is 33.6 Å². The van der Waals surface area contributed by atoms with Crippen molar-refractivity contribution in [2.45, 2.75) is 30.3 Å². The summed E-state index contributed by atoms with van der Waals surface area (Å²) in [4.78, 5) is 11.8. The molecule has 0 bridgehead atoms. The Morgan fingerprint density at radius 2 is 2.05 bits per heavy atom. The summed E-state index contributed by atoms with van der Waals surface area (Å²) in [6.45, 7) is 1.34. The van der Waals surface area contributed by atoms with Crippen LogP contribution >= 0.6 is 10.7 Å². The van der Waals surface area contributed by atoms with Crippen LogP contribution < -0.4 is 5.32 Å². The van der Waals surface area contributed by atoms with E-state index in [4.69, 9.17) is 15.4 Å². The normalized spacial score (nSPS) is 18.9. The highest BCUT2D eigenvalue weighted by Gasteiger charge is 2.16. The molecule has 0 radical (unpaired) electrons. The van der Waals surface area contributed by atoms with Gasteiger partial charge in [-0.25, -0.2) is 8.42 Å². The van der Waals surface area contributed by atoms with E-state index in [9.17, 15) is 13.2 Å². The quantitative estimate of drug-likeness (QED) is 0.842. The minimum absolute atomic E-state index is 0.0185. The molecule has 7 heteroatoms. The van der Waals surface area contributed by atoms with Gasteiger partial charge in [0.15, 0.2) is 0 Å². The second-order valence-corrected chi connectivity index (χ2v) is 7.21. The molecule has 2 rings (SSSR count). The summed E-state index contributed by atoms with van der Waals surface area (Å²) in [5.41, 5.74) is 0.404. The van der Waals surface area contributed by atoms with Crippen LogP contribution in [-0.2, 0) is 13.8 Å². The van der Waals surface area contributed by atoms with Crippen LogP contribution in [0, 0.1) is 0 Å². The van der Waals surface area contributed by atoms with E-state index < -0.39 is 9.05 Å². The molecule has 1 unspecified atom stereocenters. The van der Waals surface area contributed by atoms with Gasteiger partial charge in [0.05, 0.1) is 11.0 Å². The molecular weight excluding hydrogens is 302 g/mol. The number of rotatable bonds is 5. The van der Waals surface area contributed by atoms with Crippen LogP contribution in [0.5, 0.6) is 0 Å². The van der Waals surface area contributed by atoms with Gasteiger partial charge >= 0.3 is 0 Å². The predicted molar refractivity (Wildman–Crippen MR) is 75.4 cm³/mol. The second kappa shape index (κ2) is 6.56. The molecular formula is C13H16ClNO4S. The Morgan fingerprint density at radius 1 is 1.35 bits per heavy atom. The van der Waals surface area contributed by atoms with Gasteiger partial charge in [0.1, 0.15) is 0 Å². The van der Waals surface area contributed by atoms with Crippen molar-refractivity contribution in [2.24, 2.45) is 0 Å². The zero-order valence-corrected chi connectivity index (χ0v) is 12.4. The SMILES string of the molecule is O=C(NCCC1CCCO1)c1ccc(S(=O)(=O)Cl)cc1. The average molecular weight is 318 g/mol. The van der Waals surface area contributed by atoms with E-state index in [1.165, 1.54) is 24.3 Å². The highest BCUT2D eigenvalue weighted by atomic mass is 35.7. The molecule has 0 aliphatic carbocycles. The lowest BCUT2D eigenvalue weighted by molar-refractivity contribution is 0.0907. The average Bonchev–Trinajstić information content (AvgIpc) is 2.91. The Labute approximate surface area is 122 Å². The van der Waals surface area contributed by atoms with Gasteiger partial charge in [0.25, 0.3) is 15.0 Å². The van der Waals surface area contributed by atoms with Crippen molar-refractivity contribution in [1.29, 1.82) is 0 Å². The molecule has 1 aromatic rings. The zero-order chi connectivity index (χ0) is 14.6. The van der Waals surface area contributed by atoms with Crippen molar-refractivity contribution in [3.8, 4) is 0 Å². The lowest BCUT2D eigenvalue weighted by Gasteiger charge is -2.10. The monoisotopic (exact) mass is 317 g/mol. The molecule has 1 atom stereocenters. The van der Waals surface area contributed by atoms with Gasteiger partial charge in [-0.1, -0.05) is 0 Å². The largest absolute Gasteiger partial charge is 0.378 e. The van der Waals surface area contributed by atoms with Gasteiger partial charge in [-0.15, -0.1) is 0 Å². The van der Waals surface area contributed by atoms with Crippen LogP contribution in [0.1, 0.15) is 29.6 Å². The summed E-state index contributed by atoms with van der Waals surface area (Å²) in [5, 5.41) is 2.78. The molecule has 1 fully saturated rings. The zero-order valence-electron chi connectivity index (χ0n) is 10.8. The van der Waals surface area contributed by atoms with Gasteiger partial charge in [-0.2, -0.15) is 0 Å². The smallest absolute Gasteiger partial charge is 0.261 e. The number of carbonyl (C=O) groups is 1. The first-order valence-corrected chi connectivity index (χ1v) is 8.72. The maximum atomic E-state index is 11.8. The number of benzene rings is 1. The molecule has 1 amide bonds. The summed E-state index contributed by atoms with van der Waals surface area (Å²) >= 11 is 0. The van der Waals surface area contributed by atoms with Crippen molar-refractivity contribution < 1.29 is 17.9 Å².